The lowest BCUT2D eigenvalue weighted by atomic mass is 10.1. The second kappa shape index (κ2) is 6.89. The van der Waals surface area contributed by atoms with Gasteiger partial charge in [-0.05, 0) is 24.5 Å². The number of carboxylic acids is 1. The van der Waals surface area contributed by atoms with E-state index in [1.54, 1.807) is 11.8 Å². The van der Waals surface area contributed by atoms with E-state index in [2.05, 4.69) is 10.6 Å². The Kier molecular flexibility index (Phi) is 5.50. The molecule has 104 valence electrons. The van der Waals surface area contributed by atoms with Gasteiger partial charge in [0, 0.05) is 11.8 Å². The molecular formula is C12H16N2O4S. The van der Waals surface area contributed by atoms with E-state index in [0.29, 0.717) is 6.54 Å². The minimum Gasteiger partial charge on any atom is -0.508 e. The smallest absolute Gasteiger partial charge is 0.337 e. The van der Waals surface area contributed by atoms with Crippen molar-refractivity contribution in [2.45, 2.75) is 12.2 Å². The summed E-state index contributed by atoms with van der Waals surface area (Å²) in [7, 11) is 0. The van der Waals surface area contributed by atoms with Crippen LogP contribution in [0.4, 0.5) is 10.5 Å². The molecule has 0 heterocycles. The molecule has 0 saturated heterocycles. The Bertz CT molecular complexity index is 479. The van der Waals surface area contributed by atoms with Gasteiger partial charge in [-0.15, -0.1) is 0 Å². The number of phenols is 1. The zero-order valence-corrected chi connectivity index (χ0v) is 11.5. The molecule has 0 aromatic heterocycles. The SMILES string of the molecule is CSC(C)CNC(=O)Nc1ccc(O)cc1C(=O)O. The first-order valence-corrected chi connectivity index (χ1v) is 6.86. The lowest BCUT2D eigenvalue weighted by Crippen LogP contribution is -2.33. The topological polar surface area (TPSA) is 98.7 Å². The number of rotatable bonds is 5. The second-order valence-corrected chi connectivity index (χ2v) is 5.19. The molecule has 1 aromatic rings. The second-order valence-electron chi connectivity index (χ2n) is 3.92. The molecule has 0 radical (unpaired) electrons. The highest BCUT2D eigenvalue weighted by Gasteiger charge is 2.13. The van der Waals surface area contributed by atoms with Crippen LogP contribution in [-0.2, 0) is 0 Å². The summed E-state index contributed by atoms with van der Waals surface area (Å²) >= 11 is 1.61. The van der Waals surface area contributed by atoms with Gasteiger partial charge >= 0.3 is 12.0 Å². The highest BCUT2D eigenvalue weighted by atomic mass is 32.2. The Balaban J connectivity index is 2.71. The number of nitrogens with one attached hydrogen (secondary N) is 2. The maximum atomic E-state index is 11.6. The number of amides is 2. The first-order valence-electron chi connectivity index (χ1n) is 5.58. The molecule has 0 spiro atoms. The van der Waals surface area contributed by atoms with Gasteiger partial charge in [0.25, 0.3) is 0 Å². The molecule has 0 bridgehead atoms. The molecule has 1 unspecified atom stereocenters. The fourth-order valence-corrected chi connectivity index (χ4v) is 1.55. The number of hydrogen-bond acceptors (Lipinski definition) is 4. The van der Waals surface area contributed by atoms with E-state index in [-0.39, 0.29) is 22.3 Å². The molecule has 1 atom stereocenters. The zero-order chi connectivity index (χ0) is 14.4. The molecule has 0 aliphatic heterocycles. The summed E-state index contributed by atoms with van der Waals surface area (Å²) in [5.74, 6) is -1.39. The summed E-state index contributed by atoms with van der Waals surface area (Å²) in [6.07, 6.45) is 1.94. The van der Waals surface area contributed by atoms with Crippen molar-refractivity contribution in [3.05, 3.63) is 23.8 Å². The average Bonchev–Trinajstić information content (AvgIpc) is 2.37. The molecule has 4 N–H and O–H groups in total. The molecule has 6 nitrogen and oxygen atoms in total. The van der Waals surface area contributed by atoms with E-state index in [1.165, 1.54) is 12.1 Å². The van der Waals surface area contributed by atoms with Crippen LogP contribution in [0.2, 0.25) is 0 Å². The highest BCUT2D eigenvalue weighted by Crippen LogP contribution is 2.21. The standard InChI is InChI=1S/C12H16N2O4S/c1-7(19-2)6-13-12(18)14-10-4-3-8(15)5-9(10)11(16)17/h3-5,7,15H,6H2,1-2H3,(H,16,17)(H2,13,14,18). The number of benzene rings is 1. The first kappa shape index (κ1) is 15.2. The fourth-order valence-electron chi connectivity index (χ4n) is 1.30. The average molecular weight is 284 g/mol. The lowest BCUT2D eigenvalue weighted by Gasteiger charge is -2.12. The van der Waals surface area contributed by atoms with Gasteiger partial charge < -0.3 is 20.8 Å². The summed E-state index contributed by atoms with van der Waals surface area (Å²) in [5.41, 5.74) is -0.0207. The minimum atomic E-state index is -1.22. The number of carboxylic acid groups (broad SMARTS) is 1. The van der Waals surface area contributed by atoms with Crippen LogP contribution in [0.15, 0.2) is 18.2 Å². The Morgan fingerprint density at radius 1 is 1.42 bits per heavy atom. The number of aromatic hydroxyl groups is 1. The van der Waals surface area contributed by atoms with Gasteiger partial charge in [-0.25, -0.2) is 9.59 Å². The monoisotopic (exact) mass is 284 g/mol. The number of urea groups is 1. The predicted octanol–water partition coefficient (Wildman–Crippen LogP) is 1.96. The van der Waals surface area contributed by atoms with Crippen molar-refractivity contribution in [2.75, 3.05) is 18.1 Å². The number of carbonyl (C=O) groups is 2. The van der Waals surface area contributed by atoms with E-state index in [0.717, 1.165) is 6.07 Å². The van der Waals surface area contributed by atoms with Crippen molar-refractivity contribution in [1.29, 1.82) is 0 Å². The van der Waals surface area contributed by atoms with Gasteiger partial charge in [-0.2, -0.15) is 11.8 Å². The quantitative estimate of drug-likeness (QED) is 0.620. The molecule has 0 aliphatic rings. The molecule has 1 aromatic carbocycles. The zero-order valence-electron chi connectivity index (χ0n) is 10.6. The Hall–Kier alpha value is -1.89. The van der Waals surface area contributed by atoms with Gasteiger partial charge in [-0.1, -0.05) is 6.92 Å². The van der Waals surface area contributed by atoms with Gasteiger partial charge in [0.05, 0.1) is 11.3 Å². The third-order valence-corrected chi connectivity index (χ3v) is 3.41. The van der Waals surface area contributed by atoms with Crippen LogP contribution in [0.1, 0.15) is 17.3 Å². The number of aromatic carboxylic acids is 1. The van der Waals surface area contributed by atoms with Crippen molar-refractivity contribution in [2.24, 2.45) is 0 Å². The van der Waals surface area contributed by atoms with Crippen LogP contribution in [0.3, 0.4) is 0 Å². The molecule has 1 rings (SSSR count). The molecule has 0 saturated carbocycles. The summed E-state index contributed by atoms with van der Waals surface area (Å²) in [5, 5.41) is 23.6. The fraction of sp³-hybridized carbons (Fsp3) is 0.333. The largest absolute Gasteiger partial charge is 0.508 e. The van der Waals surface area contributed by atoms with Crippen molar-refractivity contribution in [3.63, 3.8) is 0 Å². The molecule has 19 heavy (non-hydrogen) atoms. The number of hydrogen-bond donors (Lipinski definition) is 4. The minimum absolute atomic E-state index is 0.139. The Morgan fingerprint density at radius 3 is 2.68 bits per heavy atom. The predicted molar refractivity (Wildman–Crippen MR) is 75.1 cm³/mol. The third kappa shape index (κ3) is 4.70. The van der Waals surface area contributed by atoms with Crippen LogP contribution in [0.25, 0.3) is 0 Å². The Morgan fingerprint density at radius 2 is 2.11 bits per heavy atom. The highest BCUT2D eigenvalue weighted by molar-refractivity contribution is 7.99. The van der Waals surface area contributed by atoms with E-state index in [9.17, 15) is 14.7 Å². The maximum absolute atomic E-state index is 11.6. The molecule has 0 aliphatic carbocycles. The normalized spacial score (nSPS) is 11.7. The molecule has 0 fully saturated rings. The van der Waals surface area contributed by atoms with Crippen molar-refractivity contribution < 1.29 is 19.8 Å². The summed E-state index contributed by atoms with van der Waals surface area (Å²) in [4.78, 5) is 22.6. The lowest BCUT2D eigenvalue weighted by molar-refractivity contribution is 0.0697. The molecule has 7 heteroatoms. The van der Waals surface area contributed by atoms with Crippen molar-refractivity contribution in [3.8, 4) is 5.75 Å². The first-order chi connectivity index (χ1) is 8.93. The summed E-state index contributed by atoms with van der Waals surface area (Å²) < 4.78 is 0. The summed E-state index contributed by atoms with van der Waals surface area (Å²) in [6, 6.07) is 3.26. The Labute approximate surface area is 115 Å². The molecular weight excluding hydrogens is 268 g/mol. The van der Waals surface area contributed by atoms with Gasteiger partial charge in [-0.3, -0.25) is 0 Å². The van der Waals surface area contributed by atoms with Crippen LogP contribution in [0, 0.1) is 0 Å². The van der Waals surface area contributed by atoms with Crippen LogP contribution in [0.5, 0.6) is 5.75 Å². The van der Waals surface area contributed by atoms with Gasteiger partial charge in [0.15, 0.2) is 0 Å². The van der Waals surface area contributed by atoms with Crippen LogP contribution in [-0.4, -0.2) is 40.3 Å². The number of thioether (sulfide) groups is 1. The van der Waals surface area contributed by atoms with Crippen LogP contribution >= 0.6 is 11.8 Å². The van der Waals surface area contributed by atoms with Gasteiger partial charge in [0.1, 0.15) is 5.75 Å². The molecule has 2 amide bonds. The van der Waals surface area contributed by atoms with E-state index in [1.807, 2.05) is 13.2 Å². The maximum Gasteiger partial charge on any atom is 0.337 e. The van der Waals surface area contributed by atoms with E-state index in [4.69, 9.17) is 5.11 Å². The van der Waals surface area contributed by atoms with Crippen molar-refractivity contribution in [1.82, 2.24) is 5.32 Å². The number of carbonyl (C=O) groups excluding carboxylic acids is 1. The summed E-state index contributed by atoms with van der Waals surface area (Å²) in [6.45, 7) is 2.45. The third-order valence-electron chi connectivity index (χ3n) is 2.43. The van der Waals surface area contributed by atoms with Gasteiger partial charge in [0.2, 0.25) is 0 Å². The van der Waals surface area contributed by atoms with E-state index >= 15 is 0 Å². The number of phenolic OH excluding ortho intramolecular Hbond substituents is 1. The van der Waals surface area contributed by atoms with E-state index < -0.39 is 12.0 Å². The van der Waals surface area contributed by atoms with Crippen molar-refractivity contribution >= 4 is 29.4 Å². The number of anilines is 1. The van der Waals surface area contributed by atoms with Crippen LogP contribution < -0.4 is 10.6 Å².